The van der Waals surface area contributed by atoms with Crippen molar-refractivity contribution in [2.75, 3.05) is 0 Å². The van der Waals surface area contributed by atoms with Crippen LogP contribution in [0.3, 0.4) is 0 Å². The van der Waals surface area contributed by atoms with Crippen LogP contribution in [0.25, 0.3) is 0 Å². The van der Waals surface area contributed by atoms with Gasteiger partial charge in [0.2, 0.25) is 5.88 Å². The molecule has 0 saturated heterocycles. The minimum absolute atomic E-state index is 0.381. The predicted octanol–water partition coefficient (Wildman–Crippen LogP) is 3.12. The van der Waals surface area contributed by atoms with Gasteiger partial charge in [0, 0.05) is 6.20 Å². The Morgan fingerprint density at radius 2 is 2.20 bits per heavy atom. The van der Waals surface area contributed by atoms with Crippen molar-refractivity contribution in [3.8, 4) is 5.88 Å². The van der Waals surface area contributed by atoms with E-state index >= 15 is 0 Å². The molecule has 0 spiro atoms. The van der Waals surface area contributed by atoms with Gasteiger partial charge in [-0.15, -0.1) is 0 Å². The summed E-state index contributed by atoms with van der Waals surface area (Å²) in [6.45, 7) is 0. The van der Waals surface area contributed by atoms with Gasteiger partial charge in [-0.1, -0.05) is 23.2 Å². The van der Waals surface area contributed by atoms with Crippen LogP contribution in [0, 0.1) is 0 Å². The molecule has 1 aromatic rings. The average molecular weight is 290 g/mol. The molecule has 0 radical (unpaired) electrons. The van der Waals surface area contributed by atoms with Crippen molar-refractivity contribution in [3.05, 3.63) is 22.3 Å². The Bertz CT molecular complexity index is 243. The zero-order chi connectivity index (χ0) is 7.56. The Morgan fingerprint density at radius 1 is 1.50 bits per heavy atom. The Kier molecular flexibility index (Phi) is 3.00. The first-order valence-corrected chi connectivity index (χ1v) is 3.97. The third-order valence-electron chi connectivity index (χ3n) is 0.847. The lowest BCUT2D eigenvalue weighted by atomic mass is 10.5. The third-order valence-corrected chi connectivity index (χ3v) is 1.74. The maximum atomic E-state index is 5.65. The van der Waals surface area contributed by atoms with Gasteiger partial charge in [0.05, 0.1) is 5.02 Å². The molecule has 1 heterocycles. The first-order valence-electron chi connectivity index (χ1n) is 2.33. The van der Waals surface area contributed by atoms with Gasteiger partial charge in [-0.05, 0) is 6.07 Å². The van der Waals surface area contributed by atoms with Crippen molar-refractivity contribution in [2.24, 2.45) is 0 Å². The molecule has 0 aliphatic heterocycles. The topological polar surface area (TPSA) is 22.1 Å². The molecule has 0 bridgehead atoms. The van der Waals surface area contributed by atoms with E-state index in [4.69, 9.17) is 26.3 Å². The van der Waals surface area contributed by atoms with E-state index in [0.29, 0.717) is 15.9 Å². The Balaban J connectivity index is 3.07. The van der Waals surface area contributed by atoms with E-state index in [1.54, 1.807) is 29.1 Å². The van der Waals surface area contributed by atoms with E-state index in [-0.39, 0.29) is 0 Å². The van der Waals surface area contributed by atoms with Crippen LogP contribution < -0.4 is 3.07 Å². The SMILES string of the molecule is Clc1cnc(OI)c(Cl)c1. The van der Waals surface area contributed by atoms with Crippen LogP contribution >= 0.6 is 46.2 Å². The standard InChI is InChI=1S/C5H2Cl2INO/c6-3-1-4(7)5(10-8)9-2-3/h1-2H. The second kappa shape index (κ2) is 3.59. The van der Waals surface area contributed by atoms with E-state index in [1.165, 1.54) is 6.20 Å². The van der Waals surface area contributed by atoms with Gasteiger partial charge in [-0.25, -0.2) is 4.98 Å². The van der Waals surface area contributed by atoms with Gasteiger partial charge in [-0.3, -0.25) is 0 Å². The van der Waals surface area contributed by atoms with Crippen LogP contribution in [0.1, 0.15) is 0 Å². The largest absolute Gasteiger partial charge is 0.407 e. The lowest BCUT2D eigenvalue weighted by Gasteiger charge is -1.97. The molecule has 0 amide bonds. The highest BCUT2D eigenvalue weighted by Gasteiger charge is 2.01. The summed E-state index contributed by atoms with van der Waals surface area (Å²) < 4.78 is 4.77. The van der Waals surface area contributed by atoms with Crippen molar-refractivity contribution >= 4 is 46.2 Å². The molecular weight excluding hydrogens is 288 g/mol. The summed E-state index contributed by atoms with van der Waals surface area (Å²) in [7, 11) is 0. The second-order valence-corrected chi connectivity index (χ2v) is 2.80. The van der Waals surface area contributed by atoms with Crippen LogP contribution in [-0.4, -0.2) is 4.98 Å². The fourth-order valence-electron chi connectivity index (χ4n) is 0.459. The molecule has 0 aromatic carbocycles. The van der Waals surface area contributed by atoms with Crippen molar-refractivity contribution in [3.63, 3.8) is 0 Å². The number of hydrogen-bond acceptors (Lipinski definition) is 2. The van der Waals surface area contributed by atoms with Crippen molar-refractivity contribution in [1.29, 1.82) is 0 Å². The summed E-state index contributed by atoms with van der Waals surface area (Å²) in [5.74, 6) is 0.381. The molecule has 10 heavy (non-hydrogen) atoms. The lowest BCUT2D eigenvalue weighted by Crippen LogP contribution is -1.80. The number of pyridine rings is 1. The Labute approximate surface area is 82.2 Å². The zero-order valence-corrected chi connectivity index (χ0v) is 8.31. The van der Waals surface area contributed by atoms with Crippen LogP contribution in [0.15, 0.2) is 12.3 Å². The van der Waals surface area contributed by atoms with Crippen molar-refractivity contribution in [1.82, 2.24) is 4.98 Å². The Morgan fingerprint density at radius 3 is 2.70 bits per heavy atom. The van der Waals surface area contributed by atoms with Gasteiger partial charge in [0.1, 0.15) is 5.02 Å². The highest BCUT2D eigenvalue weighted by molar-refractivity contribution is 14.1. The number of rotatable bonds is 1. The first kappa shape index (κ1) is 8.36. The molecule has 0 N–H and O–H groups in total. The molecule has 0 aliphatic rings. The van der Waals surface area contributed by atoms with E-state index < -0.39 is 0 Å². The number of hydrogen-bond donors (Lipinski definition) is 0. The molecule has 0 aliphatic carbocycles. The molecule has 0 fully saturated rings. The summed E-state index contributed by atoms with van der Waals surface area (Å²) in [6.07, 6.45) is 1.47. The van der Waals surface area contributed by atoms with Gasteiger partial charge in [-0.2, -0.15) is 0 Å². The monoisotopic (exact) mass is 289 g/mol. The van der Waals surface area contributed by atoms with Crippen LogP contribution in [0.5, 0.6) is 5.88 Å². The highest BCUT2D eigenvalue weighted by atomic mass is 127. The van der Waals surface area contributed by atoms with Crippen LogP contribution in [-0.2, 0) is 0 Å². The molecule has 0 unspecified atom stereocenters. The first-order chi connectivity index (χ1) is 4.74. The number of nitrogens with zero attached hydrogens (tertiary/aromatic N) is 1. The van der Waals surface area contributed by atoms with Crippen LogP contribution in [0.4, 0.5) is 0 Å². The lowest BCUT2D eigenvalue weighted by molar-refractivity contribution is 0.681. The minimum Gasteiger partial charge on any atom is -0.407 e. The minimum atomic E-state index is 0.381. The van der Waals surface area contributed by atoms with E-state index in [9.17, 15) is 0 Å². The van der Waals surface area contributed by atoms with Gasteiger partial charge in [0.25, 0.3) is 0 Å². The fourth-order valence-corrected chi connectivity index (χ4v) is 1.36. The normalized spacial score (nSPS) is 9.50. The fraction of sp³-hybridized carbons (Fsp3) is 0. The van der Waals surface area contributed by atoms with Gasteiger partial charge in [0.15, 0.2) is 23.0 Å². The van der Waals surface area contributed by atoms with Crippen LogP contribution in [0.2, 0.25) is 10.0 Å². The number of halogens is 3. The highest BCUT2D eigenvalue weighted by Crippen LogP contribution is 2.25. The molecule has 1 aromatic heterocycles. The van der Waals surface area contributed by atoms with Crippen molar-refractivity contribution in [2.45, 2.75) is 0 Å². The van der Waals surface area contributed by atoms with E-state index in [2.05, 4.69) is 4.98 Å². The molecule has 1 rings (SSSR count). The maximum absolute atomic E-state index is 5.65. The molecule has 54 valence electrons. The quantitative estimate of drug-likeness (QED) is 0.741. The summed E-state index contributed by atoms with van der Waals surface area (Å²) in [6, 6.07) is 1.57. The molecule has 0 saturated carbocycles. The van der Waals surface area contributed by atoms with E-state index in [1.807, 2.05) is 0 Å². The zero-order valence-electron chi connectivity index (χ0n) is 4.64. The molecule has 2 nitrogen and oxygen atoms in total. The van der Waals surface area contributed by atoms with Gasteiger partial charge < -0.3 is 3.07 Å². The second-order valence-electron chi connectivity index (χ2n) is 1.52. The predicted molar refractivity (Wildman–Crippen MR) is 48.9 cm³/mol. The summed E-state index contributed by atoms with van der Waals surface area (Å²) in [5.41, 5.74) is 0. The summed E-state index contributed by atoms with van der Waals surface area (Å²) >= 11 is 12.9. The average Bonchev–Trinajstić information content (AvgIpc) is 1.88. The maximum Gasteiger partial charge on any atom is 0.243 e. The third kappa shape index (κ3) is 1.87. The number of aromatic nitrogens is 1. The smallest absolute Gasteiger partial charge is 0.243 e. The Hall–Kier alpha value is 0.260. The molecule has 5 heteroatoms. The molecular formula is C5H2Cl2INO. The van der Waals surface area contributed by atoms with Crippen molar-refractivity contribution < 1.29 is 3.07 Å². The summed E-state index contributed by atoms with van der Waals surface area (Å²) in [5, 5.41) is 0.920. The molecule has 0 atom stereocenters. The van der Waals surface area contributed by atoms with Gasteiger partial charge >= 0.3 is 0 Å². The van der Waals surface area contributed by atoms with E-state index in [0.717, 1.165) is 0 Å². The summed E-state index contributed by atoms with van der Waals surface area (Å²) in [4.78, 5) is 3.80.